The molecule has 14 heavy (non-hydrogen) atoms. The van der Waals surface area contributed by atoms with Crippen LogP contribution < -0.4 is 0 Å². The number of rotatable bonds is 1. The first kappa shape index (κ1) is 10.7. The third kappa shape index (κ3) is 2.55. The van der Waals surface area contributed by atoms with Gasteiger partial charge in [0, 0.05) is 5.56 Å². The van der Waals surface area contributed by atoms with E-state index in [9.17, 15) is 12.3 Å². The van der Waals surface area contributed by atoms with E-state index in [0.29, 0.717) is 0 Å². The summed E-state index contributed by atoms with van der Waals surface area (Å²) in [7, 11) is -4.75. The van der Waals surface area contributed by atoms with Crippen molar-refractivity contribution in [2.24, 2.45) is 0 Å². The highest BCUT2D eigenvalue weighted by Crippen LogP contribution is 2.16. The maximum absolute atomic E-state index is 12.7. The van der Waals surface area contributed by atoms with Gasteiger partial charge in [0.25, 0.3) is 0 Å². The van der Waals surface area contributed by atoms with Crippen molar-refractivity contribution in [2.45, 2.75) is 4.90 Å². The molecular formula is C9H7FO3S. The fraction of sp³-hybridized carbons (Fsp3) is 0.111. The van der Waals surface area contributed by atoms with Gasteiger partial charge >= 0.3 is 10.2 Å². The van der Waals surface area contributed by atoms with Crippen LogP contribution in [0.1, 0.15) is 5.56 Å². The summed E-state index contributed by atoms with van der Waals surface area (Å²) in [6, 6.07) is 5.43. The van der Waals surface area contributed by atoms with Gasteiger partial charge in [-0.15, -0.1) is 3.89 Å². The fourth-order valence-corrected chi connectivity index (χ4v) is 1.54. The second-order valence-corrected chi connectivity index (χ2v) is 3.71. The van der Waals surface area contributed by atoms with Crippen molar-refractivity contribution in [3.8, 4) is 11.8 Å². The van der Waals surface area contributed by atoms with Crippen molar-refractivity contribution in [1.82, 2.24) is 0 Å². The van der Waals surface area contributed by atoms with Crippen molar-refractivity contribution in [2.75, 3.05) is 6.61 Å². The minimum atomic E-state index is -4.75. The number of hydrogen-bond donors (Lipinski definition) is 1. The molecule has 5 heteroatoms. The van der Waals surface area contributed by atoms with Crippen LogP contribution in [0.3, 0.4) is 0 Å². The summed E-state index contributed by atoms with van der Waals surface area (Å²) in [4.78, 5) is -0.471. The van der Waals surface area contributed by atoms with Gasteiger partial charge in [0.05, 0.1) is 0 Å². The summed E-state index contributed by atoms with van der Waals surface area (Å²) in [5.41, 5.74) is 0.0454. The van der Waals surface area contributed by atoms with E-state index in [4.69, 9.17) is 5.11 Å². The lowest BCUT2D eigenvalue weighted by atomic mass is 10.2. The Bertz CT molecular complexity index is 482. The van der Waals surface area contributed by atoms with Gasteiger partial charge in [0.1, 0.15) is 11.5 Å². The molecule has 0 aromatic heterocycles. The molecule has 0 bridgehead atoms. The van der Waals surface area contributed by atoms with E-state index in [1.807, 2.05) is 0 Å². The van der Waals surface area contributed by atoms with Crippen LogP contribution in [0.4, 0.5) is 3.89 Å². The molecule has 0 atom stereocenters. The van der Waals surface area contributed by atoms with E-state index in [1.54, 1.807) is 0 Å². The molecule has 0 aliphatic heterocycles. The van der Waals surface area contributed by atoms with Crippen LogP contribution in [-0.4, -0.2) is 20.1 Å². The van der Waals surface area contributed by atoms with Crippen molar-refractivity contribution >= 4 is 10.2 Å². The Balaban J connectivity index is 3.31. The Morgan fingerprint density at radius 3 is 2.57 bits per heavy atom. The van der Waals surface area contributed by atoms with Crippen LogP contribution in [0.5, 0.6) is 0 Å². The van der Waals surface area contributed by atoms with E-state index in [0.717, 1.165) is 6.07 Å². The first-order valence-electron chi connectivity index (χ1n) is 3.69. The van der Waals surface area contributed by atoms with Crippen LogP contribution >= 0.6 is 0 Å². The molecule has 74 valence electrons. The van der Waals surface area contributed by atoms with E-state index >= 15 is 0 Å². The zero-order chi connectivity index (χ0) is 10.6. The Labute approximate surface area is 81.4 Å². The molecule has 0 spiro atoms. The van der Waals surface area contributed by atoms with E-state index < -0.39 is 21.7 Å². The standard InChI is InChI=1S/C9H7FO3S/c10-14(12,13)9-6-2-1-4-8(9)5-3-7-11/h1-2,4,6,11H,7H2. The molecule has 0 amide bonds. The first-order chi connectivity index (χ1) is 6.55. The summed E-state index contributed by atoms with van der Waals surface area (Å²) in [5, 5.41) is 8.40. The lowest BCUT2D eigenvalue weighted by Gasteiger charge is -1.97. The van der Waals surface area contributed by atoms with Crippen LogP contribution in [0, 0.1) is 11.8 Å². The van der Waals surface area contributed by atoms with Crippen LogP contribution in [0.15, 0.2) is 29.2 Å². The Morgan fingerprint density at radius 2 is 2.00 bits per heavy atom. The lowest BCUT2D eigenvalue weighted by molar-refractivity contribution is 0.350. The third-order valence-corrected chi connectivity index (χ3v) is 2.33. The molecule has 0 aliphatic carbocycles. The first-order valence-corrected chi connectivity index (χ1v) is 5.07. The normalized spacial score (nSPS) is 10.4. The van der Waals surface area contributed by atoms with Crippen molar-refractivity contribution < 1.29 is 17.4 Å². The molecular weight excluding hydrogens is 207 g/mol. The molecule has 1 N–H and O–H groups in total. The summed E-state index contributed by atoms with van der Waals surface area (Å²) in [5.74, 6) is 4.60. The summed E-state index contributed by atoms with van der Waals surface area (Å²) in [6.45, 7) is -0.402. The maximum atomic E-state index is 12.7. The zero-order valence-electron chi connectivity index (χ0n) is 7.07. The van der Waals surface area contributed by atoms with Gasteiger partial charge < -0.3 is 5.11 Å². The van der Waals surface area contributed by atoms with Gasteiger partial charge in [-0.3, -0.25) is 0 Å². The Hall–Kier alpha value is -1.38. The molecule has 1 aromatic carbocycles. The molecule has 0 heterocycles. The SMILES string of the molecule is O=S(=O)(F)c1ccccc1C#CCO. The van der Waals surface area contributed by atoms with Crippen LogP contribution in [0.2, 0.25) is 0 Å². The third-order valence-electron chi connectivity index (χ3n) is 1.45. The lowest BCUT2D eigenvalue weighted by Crippen LogP contribution is -1.95. The molecule has 0 aliphatic rings. The van der Waals surface area contributed by atoms with Crippen molar-refractivity contribution in [3.63, 3.8) is 0 Å². The quantitative estimate of drug-likeness (QED) is 0.552. The Kier molecular flexibility index (Phi) is 3.23. The molecule has 1 rings (SSSR count). The average molecular weight is 214 g/mol. The van der Waals surface area contributed by atoms with E-state index in [1.165, 1.54) is 18.2 Å². The maximum Gasteiger partial charge on any atom is 0.333 e. The Morgan fingerprint density at radius 1 is 1.36 bits per heavy atom. The second-order valence-electron chi connectivity index (χ2n) is 2.39. The molecule has 1 aromatic rings. The molecule has 0 saturated heterocycles. The highest BCUT2D eigenvalue weighted by Gasteiger charge is 2.14. The fourth-order valence-electron chi connectivity index (χ4n) is 0.917. The topological polar surface area (TPSA) is 54.4 Å². The predicted octanol–water partition coefficient (Wildman–Crippen LogP) is 0.689. The predicted molar refractivity (Wildman–Crippen MR) is 48.7 cm³/mol. The van der Waals surface area contributed by atoms with Crippen molar-refractivity contribution in [3.05, 3.63) is 29.8 Å². The largest absolute Gasteiger partial charge is 0.384 e. The number of halogens is 1. The van der Waals surface area contributed by atoms with E-state index in [-0.39, 0.29) is 5.56 Å². The second kappa shape index (κ2) is 4.22. The number of aliphatic hydroxyl groups is 1. The monoisotopic (exact) mass is 214 g/mol. The van der Waals surface area contributed by atoms with Gasteiger partial charge in [0.15, 0.2) is 0 Å². The van der Waals surface area contributed by atoms with Gasteiger partial charge in [-0.1, -0.05) is 24.0 Å². The highest BCUT2D eigenvalue weighted by atomic mass is 32.3. The molecule has 0 unspecified atom stereocenters. The molecule has 0 saturated carbocycles. The van der Waals surface area contributed by atoms with Crippen LogP contribution in [-0.2, 0) is 10.2 Å². The number of benzene rings is 1. The highest BCUT2D eigenvalue weighted by molar-refractivity contribution is 7.86. The summed E-state index contributed by atoms with van der Waals surface area (Å²) >= 11 is 0. The summed E-state index contributed by atoms with van der Waals surface area (Å²) < 4.78 is 33.9. The molecule has 0 fully saturated rings. The van der Waals surface area contributed by atoms with Gasteiger partial charge in [-0.05, 0) is 12.1 Å². The molecule has 3 nitrogen and oxygen atoms in total. The smallest absolute Gasteiger partial charge is 0.333 e. The summed E-state index contributed by atoms with van der Waals surface area (Å²) in [6.07, 6.45) is 0. The number of hydrogen-bond acceptors (Lipinski definition) is 3. The molecule has 0 radical (unpaired) electrons. The minimum absolute atomic E-state index is 0.0454. The minimum Gasteiger partial charge on any atom is -0.384 e. The average Bonchev–Trinajstić information content (AvgIpc) is 2.14. The van der Waals surface area contributed by atoms with E-state index in [2.05, 4.69) is 11.8 Å². The number of aliphatic hydroxyl groups excluding tert-OH is 1. The van der Waals surface area contributed by atoms with Gasteiger partial charge in [-0.2, -0.15) is 8.42 Å². The van der Waals surface area contributed by atoms with Gasteiger partial charge in [-0.25, -0.2) is 0 Å². The van der Waals surface area contributed by atoms with Crippen molar-refractivity contribution in [1.29, 1.82) is 0 Å². The van der Waals surface area contributed by atoms with Crippen LogP contribution in [0.25, 0.3) is 0 Å². The zero-order valence-corrected chi connectivity index (χ0v) is 7.88. The van der Waals surface area contributed by atoms with Gasteiger partial charge in [0.2, 0.25) is 0 Å².